The van der Waals surface area contributed by atoms with E-state index in [1.165, 1.54) is 19.4 Å². The van der Waals surface area contributed by atoms with Crippen molar-refractivity contribution in [2.75, 3.05) is 39.3 Å². The molecule has 2 aliphatic heterocycles. The van der Waals surface area contributed by atoms with Crippen molar-refractivity contribution >= 4 is 12.0 Å². The van der Waals surface area contributed by atoms with Crippen molar-refractivity contribution in [2.45, 2.75) is 38.1 Å². The maximum Gasteiger partial charge on any atom is 0.320 e. The number of amides is 2. The second-order valence-corrected chi connectivity index (χ2v) is 6.60. The molecular weight excluding hydrogens is 270 g/mol. The Kier molecular flexibility index (Phi) is 4.33. The van der Waals surface area contributed by atoms with E-state index < -0.39 is 5.97 Å². The zero-order chi connectivity index (χ0) is 14.8. The number of rotatable bonds is 4. The van der Waals surface area contributed by atoms with Crippen LogP contribution < -0.4 is 0 Å². The Bertz CT molecular complexity index is 403. The Morgan fingerprint density at radius 1 is 1.00 bits per heavy atom. The Morgan fingerprint density at radius 2 is 1.71 bits per heavy atom. The van der Waals surface area contributed by atoms with E-state index in [4.69, 9.17) is 5.11 Å². The van der Waals surface area contributed by atoms with E-state index in [1.807, 2.05) is 4.90 Å². The summed E-state index contributed by atoms with van der Waals surface area (Å²) in [6.07, 6.45) is 4.55. The number of nitrogens with zero attached hydrogens (tertiary/aromatic N) is 3. The molecule has 3 fully saturated rings. The summed E-state index contributed by atoms with van der Waals surface area (Å²) in [6.45, 7) is 5.37. The molecule has 2 heterocycles. The third kappa shape index (κ3) is 3.67. The van der Waals surface area contributed by atoms with E-state index >= 15 is 0 Å². The van der Waals surface area contributed by atoms with Crippen LogP contribution in [0.5, 0.6) is 0 Å². The van der Waals surface area contributed by atoms with Gasteiger partial charge in [0, 0.05) is 45.3 Å². The summed E-state index contributed by atoms with van der Waals surface area (Å²) in [4.78, 5) is 29.6. The van der Waals surface area contributed by atoms with Crippen LogP contribution in [0.1, 0.15) is 32.1 Å². The number of hydrogen-bond donors (Lipinski definition) is 1. The Balaban J connectivity index is 1.49. The molecular formula is C15H25N3O3. The number of carboxylic acid groups (broad SMARTS) is 1. The molecule has 21 heavy (non-hydrogen) atoms. The second-order valence-electron chi connectivity index (χ2n) is 6.60. The first-order valence-corrected chi connectivity index (χ1v) is 8.13. The van der Waals surface area contributed by atoms with Crippen LogP contribution in [0.3, 0.4) is 0 Å². The van der Waals surface area contributed by atoms with Gasteiger partial charge in [-0.1, -0.05) is 0 Å². The lowest BCUT2D eigenvalue weighted by Gasteiger charge is -2.38. The molecule has 0 radical (unpaired) electrons. The summed E-state index contributed by atoms with van der Waals surface area (Å²) in [5.74, 6) is 0.0831. The summed E-state index contributed by atoms with van der Waals surface area (Å²) in [5.41, 5.74) is 0. The number of carboxylic acids is 1. The molecule has 1 N–H and O–H groups in total. The molecule has 0 aromatic rings. The van der Waals surface area contributed by atoms with E-state index in [0.717, 1.165) is 44.9 Å². The van der Waals surface area contributed by atoms with E-state index in [2.05, 4.69) is 4.90 Å². The van der Waals surface area contributed by atoms with Crippen LogP contribution in [-0.4, -0.2) is 77.1 Å². The molecule has 2 amide bonds. The highest BCUT2D eigenvalue weighted by Crippen LogP contribution is 2.30. The topological polar surface area (TPSA) is 64.1 Å². The van der Waals surface area contributed by atoms with Crippen molar-refractivity contribution in [1.82, 2.24) is 14.7 Å². The number of carbonyl (C=O) groups is 2. The minimum absolute atomic E-state index is 0.0461. The lowest BCUT2D eigenvalue weighted by molar-refractivity contribution is -0.138. The van der Waals surface area contributed by atoms with Crippen LogP contribution in [0, 0.1) is 5.92 Å². The predicted octanol–water partition coefficient (Wildman–Crippen LogP) is 1.07. The van der Waals surface area contributed by atoms with Crippen LogP contribution >= 0.6 is 0 Å². The molecule has 0 aromatic carbocycles. The molecule has 6 heteroatoms. The molecule has 1 atom stereocenters. The van der Waals surface area contributed by atoms with Gasteiger partial charge in [0.25, 0.3) is 0 Å². The Hall–Kier alpha value is -1.30. The van der Waals surface area contributed by atoms with E-state index in [1.54, 1.807) is 4.90 Å². The van der Waals surface area contributed by atoms with Crippen LogP contribution in [0.2, 0.25) is 0 Å². The van der Waals surface area contributed by atoms with Crippen LogP contribution in [0.25, 0.3) is 0 Å². The van der Waals surface area contributed by atoms with Crippen molar-refractivity contribution in [2.24, 2.45) is 5.92 Å². The summed E-state index contributed by atoms with van der Waals surface area (Å²) in [7, 11) is 0. The van der Waals surface area contributed by atoms with Crippen molar-refractivity contribution in [3.05, 3.63) is 0 Å². The van der Waals surface area contributed by atoms with E-state index in [9.17, 15) is 9.59 Å². The maximum atomic E-state index is 12.6. The van der Waals surface area contributed by atoms with Gasteiger partial charge in [-0.2, -0.15) is 0 Å². The summed E-state index contributed by atoms with van der Waals surface area (Å²) >= 11 is 0. The molecule has 0 aromatic heterocycles. The van der Waals surface area contributed by atoms with Crippen molar-refractivity contribution < 1.29 is 14.7 Å². The average Bonchev–Trinajstić information content (AvgIpc) is 3.15. The van der Waals surface area contributed by atoms with Gasteiger partial charge >= 0.3 is 12.0 Å². The number of piperazine rings is 1. The first kappa shape index (κ1) is 14.6. The van der Waals surface area contributed by atoms with Crippen LogP contribution in [0.15, 0.2) is 0 Å². The summed E-state index contributed by atoms with van der Waals surface area (Å²) < 4.78 is 0. The van der Waals surface area contributed by atoms with Gasteiger partial charge in [-0.05, 0) is 31.6 Å². The molecule has 3 rings (SSSR count). The third-order valence-electron chi connectivity index (χ3n) is 4.89. The number of likely N-dealkylation sites (tertiary alicyclic amines) is 1. The SMILES string of the molecule is O=C(O)CC1CCCN1C(=O)N1CCN(CC2CC2)CC1. The molecule has 0 spiro atoms. The molecule has 0 bridgehead atoms. The van der Waals surface area contributed by atoms with E-state index in [-0.39, 0.29) is 18.5 Å². The lowest BCUT2D eigenvalue weighted by Crippen LogP contribution is -2.54. The maximum absolute atomic E-state index is 12.6. The molecule has 1 aliphatic carbocycles. The highest BCUT2D eigenvalue weighted by atomic mass is 16.4. The first-order valence-electron chi connectivity index (χ1n) is 8.13. The number of hydrogen-bond acceptors (Lipinski definition) is 3. The van der Waals surface area contributed by atoms with Gasteiger partial charge in [0.05, 0.1) is 6.42 Å². The molecule has 1 unspecified atom stereocenters. The van der Waals surface area contributed by atoms with Gasteiger partial charge in [0.2, 0.25) is 0 Å². The van der Waals surface area contributed by atoms with Gasteiger partial charge < -0.3 is 14.9 Å². The van der Waals surface area contributed by atoms with E-state index in [0.29, 0.717) is 6.54 Å². The lowest BCUT2D eigenvalue weighted by atomic mass is 10.1. The standard InChI is InChI=1S/C15H25N3O3/c19-14(20)10-13-2-1-5-18(13)15(21)17-8-6-16(7-9-17)11-12-3-4-12/h12-13H,1-11H2,(H,19,20). The highest BCUT2D eigenvalue weighted by Gasteiger charge is 2.34. The predicted molar refractivity (Wildman–Crippen MR) is 78.1 cm³/mol. The molecule has 3 aliphatic rings. The van der Waals surface area contributed by atoms with Gasteiger partial charge in [0.15, 0.2) is 0 Å². The van der Waals surface area contributed by atoms with Crippen molar-refractivity contribution in [3.63, 3.8) is 0 Å². The molecule has 118 valence electrons. The fraction of sp³-hybridized carbons (Fsp3) is 0.867. The second kappa shape index (κ2) is 6.22. The monoisotopic (exact) mass is 295 g/mol. The average molecular weight is 295 g/mol. The zero-order valence-electron chi connectivity index (χ0n) is 12.5. The molecule has 6 nitrogen and oxygen atoms in total. The van der Waals surface area contributed by atoms with Gasteiger partial charge in [-0.3, -0.25) is 9.69 Å². The van der Waals surface area contributed by atoms with Gasteiger partial charge in [-0.15, -0.1) is 0 Å². The minimum atomic E-state index is -0.811. The zero-order valence-corrected chi connectivity index (χ0v) is 12.5. The molecule has 2 saturated heterocycles. The van der Waals surface area contributed by atoms with Gasteiger partial charge in [-0.25, -0.2) is 4.79 Å². The minimum Gasteiger partial charge on any atom is -0.481 e. The largest absolute Gasteiger partial charge is 0.481 e. The number of aliphatic carboxylic acids is 1. The Morgan fingerprint density at radius 3 is 2.33 bits per heavy atom. The summed E-state index contributed by atoms with van der Waals surface area (Å²) in [5, 5.41) is 8.95. The smallest absolute Gasteiger partial charge is 0.320 e. The Labute approximate surface area is 125 Å². The highest BCUT2D eigenvalue weighted by molar-refractivity contribution is 5.76. The van der Waals surface area contributed by atoms with Gasteiger partial charge in [0.1, 0.15) is 0 Å². The fourth-order valence-corrected chi connectivity index (χ4v) is 3.47. The quantitative estimate of drug-likeness (QED) is 0.843. The molecule has 1 saturated carbocycles. The fourth-order valence-electron chi connectivity index (χ4n) is 3.47. The normalized spacial score (nSPS) is 27.1. The van der Waals surface area contributed by atoms with Crippen molar-refractivity contribution in [1.29, 1.82) is 0 Å². The van der Waals surface area contributed by atoms with Crippen LogP contribution in [0.4, 0.5) is 4.79 Å². The third-order valence-corrected chi connectivity index (χ3v) is 4.89. The number of urea groups is 1. The number of carbonyl (C=O) groups excluding carboxylic acids is 1. The van der Waals surface area contributed by atoms with Crippen LogP contribution in [-0.2, 0) is 4.79 Å². The first-order chi connectivity index (χ1) is 10.1. The van der Waals surface area contributed by atoms with Crippen molar-refractivity contribution in [3.8, 4) is 0 Å². The summed E-state index contributed by atoms with van der Waals surface area (Å²) in [6, 6.07) is -0.0654.